The molecule has 5 rings (SSSR count). The number of halogens is 2. The van der Waals surface area contributed by atoms with Crippen molar-refractivity contribution in [3.63, 3.8) is 0 Å². The molecule has 0 saturated heterocycles. The summed E-state index contributed by atoms with van der Waals surface area (Å²) in [6, 6.07) is 27.1. The molecule has 0 heterocycles. The Morgan fingerprint density at radius 2 is 0.625 bits per heavy atom. The quantitative estimate of drug-likeness (QED) is 0.144. The summed E-state index contributed by atoms with van der Waals surface area (Å²) in [6.07, 6.45) is 0. The lowest BCUT2D eigenvalue weighted by Crippen LogP contribution is -1.82. The van der Waals surface area contributed by atoms with E-state index >= 15 is 0 Å². The predicted molar refractivity (Wildman–Crippen MR) is 122 cm³/mol. The monoisotopic (exact) mass is 530 g/mol. The zero-order valence-electron chi connectivity index (χ0n) is 12.7. The molecule has 0 fully saturated rings. The third-order valence-corrected chi connectivity index (χ3v) is 5.97. The normalized spacial score (nSPS) is 11.8. The largest absolute Gasteiger partial charge is 0.0533 e. The van der Waals surface area contributed by atoms with Crippen LogP contribution in [-0.4, -0.2) is 0 Å². The van der Waals surface area contributed by atoms with E-state index in [0.29, 0.717) is 0 Å². The molecule has 2 heteroatoms. The van der Waals surface area contributed by atoms with Crippen LogP contribution in [0.5, 0.6) is 0 Å². The number of hydrogen-bond donors (Lipinski definition) is 0. The second-order valence-corrected chi connectivity index (χ2v) is 8.73. The first kappa shape index (κ1) is 14.9. The topological polar surface area (TPSA) is 0 Å². The molecule has 0 amide bonds. The summed E-state index contributed by atoms with van der Waals surface area (Å²) in [4.78, 5) is 0. The van der Waals surface area contributed by atoms with E-state index in [4.69, 9.17) is 0 Å². The van der Waals surface area contributed by atoms with E-state index in [1.807, 2.05) is 0 Å². The van der Waals surface area contributed by atoms with Gasteiger partial charge in [-0.25, -0.2) is 0 Å². The van der Waals surface area contributed by atoms with E-state index in [-0.39, 0.29) is 0 Å². The molecule has 5 aromatic rings. The van der Waals surface area contributed by atoms with Gasteiger partial charge in [-0.1, -0.05) is 12.1 Å². The molecular weight excluding hydrogens is 518 g/mol. The van der Waals surface area contributed by atoms with Gasteiger partial charge in [0.1, 0.15) is 0 Å². The van der Waals surface area contributed by atoms with E-state index in [9.17, 15) is 0 Å². The van der Waals surface area contributed by atoms with E-state index in [0.717, 1.165) is 0 Å². The molecule has 114 valence electrons. The van der Waals surface area contributed by atoms with Gasteiger partial charge in [0.2, 0.25) is 0 Å². The summed E-state index contributed by atoms with van der Waals surface area (Å²) >= 11 is 4.75. The summed E-state index contributed by atoms with van der Waals surface area (Å²) < 4.78 is 2.56. The zero-order chi connectivity index (χ0) is 16.3. The van der Waals surface area contributed by atoms with Crippen LogP contribution in [-0.2, 0) is 0 Å². The number of rotatable bonds is 0. The molecule has 5 aromatic carbocycles. The van der Waals surface area contributed by atoms with Crippen molar-refractivity contribution in [2.75, 3.05) is 0 Å². The van der Waals surface area contributed by atoms with Crippen LogP contribution in [0.2, 0.25) is 0 Å². The van der Waals surface area contributed by atoms with Gasteiger partial charge in [-0.05, 0) is 149 Å². The summed E-state index contributed by atoms with van der Waals surface area (Å²) in [5, 5.41) is 10.5. The van der Waals surface area contributed by atoms with Gasteiger partial charge in [-0.15, -0.1) is 0 Å². The summed E-state index contributed by atoms with van der Waals surface area (Å²) in [5.41, 5.74) is 0. The maximum absolute atomic E-state index is 2.38. The molecule has 0 aromatic heterocycles. The highest BCUT2D eigenvalue weighted by Crippen LogP contribution is 2.31. The van der Waals surface area contributed by atoms with E-state index < -0.39 is 0 Å². The molecule has 0 radical (unpaired) electrons. The Morgan fingerprint density at radius 3 is 1.00 bits per heavy atom. The highest BCUT2D eigenvalue weighted by molar-refractivity contribution is 14.1. The third kappa shape index (κ3) is 2.47. The smallest absolute Gasteiger partial charge is 0.0136 e. The molecule has 0 aliphatic heterocycles. The molecule has 0 N–H and O–H groups in total. The first-order valence-corrected chi connectivity index (χ1v) is 9.98. The van der Waals surface area contributed by atoms with Gasteiger partial charge < -0.3 is 0 Å². The minimum absolute atomic E-state index is 1.28. The zero-order valence-corrected chi connectivity index (χ0v) is 17.0. The Balaban J connectivity index is 1.88. The van der Waals surface area contributed by atoms with Gasteiger partial charge >= 0.3 is 0 Å². The lowest BCUT2D eigenvalue weighted by molar-refractivity contribution is 1.72. The SMILES string of the molecule is Ic1ccc2cc3cc4cc5cc(I)ccc5cc4cc3cc2c1. The third-order valence-electron chi connectivity index (χ3n) is 4.63. The van der Waals surface area contributed by atoms with Crippen LogP contribution in [0.3, 0.4) is 0 Å². The summed E-state index contributed by atoms with van der Waals surface area (Å²) in [6.45, 7) is 0. The molecule has 0 atom stereocenters. The summed E-state index contributed by atoms with van der Waals surface area (Å²) in [7, 11) is 0. The van der Waals surface area contributed by atoms with Crippen molar-refractivity contribution in [3.8, 4) is 0 Å². The minimum atomic E-state index is 1.28. The molecular formula is C22H12I2. The van der Waals surface area contributed by atoms with Gasteiger partial charge in [-0.3, -0.25) is 0 Å². The van der Waals surface area contributed by atoms with Crippen molar-refractivity contribution in [2.24, 2.45) is 0 Å². The van der Waals surface area contributed by atoms with Crippen molar-refractivity contribution in [2.45, 2.75) is 0 Å². The van der Waals surface area contributed by atoms with Crippen molar-refractivity contribution in [1.82, 2.24) is 0 Å². The van der Waals surface area contributed by atoms with Crippen LogP contribution in [0, 0.1) is 7.14 Å². The molecule has 0 unspecified atom stereocenters. The van der Waals surface area contributed by atoms with Crippen LogP contribution in [0.4, 0.5) is 0 Å². The standard InChI is InChI=1S/C22H12I2/c23-21-3-1-13-5-15-7-18-10-20-12-22(24)4-2-14(20)6-16(18)8-17(15)9-19(13)11-21/h1-12H. The second-order valence-electron chi connectivity index (χ2n) is 6.23. The van der Waals surface area contributed by atoms with Gasteiger partial charge in [0.05, 0.1) is 0 Å². The fourth-order valence-corrected chi connectivity index (χ4v) is 4.47. The average Bonchev–Trinajstić information content (AvgIpc) is 2.56. The lowest BCUT2D eigenvalue weighted by Gasteiger charge is -2.07. The highest BCUT2D eigenvalue weighted by atomic mass is 127. The Labute approximate surface area is 167 Å². The minimum Gasteiger partial charge on any atom is -0.0533 e. The molecule has 0 nitrogen and oxygen atoms in total. The number of hydrogen-bond acceptors (Lipinski definition) is 0. The van der Waals surface area contributed by atoms with Crippen LogP contribution in [0.15, 0.2) is 72.8 Å². The van der Waals surface area contributed by atoms with E-state index in [2.05, 4.69) is 118 Å². The average molecular weight is 530 g/mol. The van der Waals surface area contributed by atoms with E-state index in [1.165, 1.54) is 50.2 Å². The van der Waals surface area contributed by atoms with Gasteiger partial charge in [-0.2, -0.15) is 0 Å². The van der Waals surface area contributed by atoms with Crippen LogP contribution in [0.25, 0.3) is 43.1 Å². The molecule has 0 saturated carbocycles. The van der Waals surface area contributed by atoms with Crippen LogP contribution in [0.1, 0.15) is 0 Å². The van der Waals surface area contributed by atoms with Gasteiger partial charge in [0, 0.05) is 7.14 Å². The Hall–Kier alpha value is -1.40. The highest BCUT2D eigenvalue weighted by Gasteiger charge is 2.04. The van der Waals surface area contributed by atoms with E-state index in [1.54, 1.807) is 0 Å². The fraction of sp³-hybridized carbons (Fsp3) is 0. The second kappa shape index (κ2) is 5.56. The first-order chi connectivity index (χ1) is 11.7. The van der Waals surface area contributed by atoms with Crippen molar-refractivity contribution >= 4 is 88.3 Å². The van der Waals surface area contributed by atoms with Crippen LogP contribution < -0.4 is 0 Å². The Kier molecular flexibility index (Phi) is 3.45. The van der Waals surface area contributed by atoms with Crippen molar-refractivity contribution in [3.05, 3.63) is 79.9 Å². The molecule has 0 spiro atoms. The predicted octanol–water partition coefficient (Wildman–Crippen LogP) is 7.51. The van der Waals surface area contributed by atoms with Gasteiger partial charge in [0.25, 0.3) is 0 Å². The molecule has 0 bridgehead atoms. The van der Waals surface area contributed by atoms with Crippen molar-refractivity contribution < 1.29 is 0 Å². The molecule has 0 aliphatic carbocycles. The van der Waals surface area contributed by atoms with Gasteiger partial charge in [0.15, 0.2) is 0 Å². The number of benzene rings is 5. The van der Waals surface area contributed by atoms with Crippen molar-refractivity contribution in [1.29, 1.82) is 0 Å². The molecule has 0 aliphatic rings. The fourth-order valence-electron chi connectivity index (χ4n) is 3.44. The molecule has 24 heavy (non-hydrogen) atoms. The maximum Gasteiger partial charge on any atom is 0.0136 e. The first-order valence-electron chi connectivity index (χ1n) is 7.82. The summed E-state index contributed by atoms with van der Waals surface area (Å²) in [5.74, 6) is 0. The maximum atomic E-state index is 2.38. The van der Waals surface area contributed by atoms with Crippen LogP contribution >= 0.6 is 45.2 Å². The lowest BCUT2D eigenvalue weighted by atomic mass is 9.97. The Morgan fingerprint density at radius 1 is 0.333 bits per heavy atom. The Bertz CT molecular complexity index is 1170. The number of fused-ring (bicyclic) bond motifs is 4.